The highest BCUT2D eigenvalue weighted by atomic mass is 16.2. The molecule has 0 aromatic heterocycles. The standard InChI is InChI=1S/C19H22N2O/c1-19(2,14-9-5-4-6-10-14)15-11-7-8-13-12-16(20)18(22)21(3)17(13)15/h4-11,16H,12,20H2,1-3H3. The molecule has 3 heteroatoms. The molecule has 0 fully saturated rings. The molecule has 3 rings (SSSR count). The molecular formula is C19H22N2O. The minimum Gasteiger partial charge on any atom is -0.320 e. The van der Waals surface area contributed by atoms with Crippen molar-refractivity contribution in [1.29, 1.82) is 0 Å². The first-order valence-corrected chi connectivity index (χ1v) is 7.64. The van der Waals surface area contributed by atoms with Gasteiger partial charge in [-0.25, -0.2) is 0 Å². The average molecular weight is 294 g/mol. The van der Waals surface area contributed by atoms with Gasteiger partial charge >= 0.3 is 0 Å². The van der Waals surface area contributed by atoms with Gasteiger partial charge < -0.3 is 10.6 Å². The quantitative estimate of drug-likeness (QED) is 0.925. The van der Waals surface area contributed by atoms with Gasteiger partial charge in [-0.05, 0) is 23.1 Å². The molecule has 0 aliphatic carbocycles. The maximum Gasteiger partial charge on any atom is 0.243 e. The first-order valence-electron chi connectivity index (χ1n) is 7.64. The number of hydrogen-bond donors (Lipinski definition) is 1. The third-order valence-corrected chi connectivity index (χ3v) is 4.71. The van der Waals surface area contributed by atoms with Crippen LogP contribution >= 0.6 is 0 Å². The molecule has 3 nitrogen and oxygen atoms in total. The van der Waals surface area contributed by atoms with Crippen LogP contribution in [0.15, 0.2) is 48.5 Å². The molecule has 2 N–H and O–H groups in total. The molecule has 0 spiro atoms. The van der Waals surface area contributed by atoms with E-state index in [0.29, 0.717) is 6.42 Å². The number of anilines is 1. The number of nitrogens with two attached hydrogens (primary N) is 1. The van der Waals surface area contributed by atoms with E-state index in [4.69, 9.17) is 5.73 Å². The summed E-state index contributed by atoms with van der Waals surface area (Å²) in [4.78, 5) is 14.0. The number of fused-ring (bicyclic) bond motifs is 1. The second-order valence-corrected chi connectivity index (χ2v) is 6.51. The number of benzene rings is 2. The van der Waals surface area contributed by atoms with Gasteiger partial charge in [0.15, 0.2) is 0 Å². The summed E-state index contributed by atoms with van der Waals surface area (Å²) in [5, 5.41) is 0. The van der Waals surface area contributed by atoms with Gasteiger partial charge in [0.05, 0.1) is 11.7 Å². The zero-order valence-corrected chi connectivity index (χ0v) is 13.3. The van der Waals surface area contributed by atoms with Crippen LogP contribution in [0.1, 0.15) is 30.5 Å². The second-order valence-electron chi connectivity index (χ2n) is 6.51. The Bertz CT molecular complexity index is 707. The van der Waals surface area contributed by atoms with Gasteiger partial charge in [-0.1, -0.05) is 62.4 Å². The number of hydrogen-bond acceptors (Lipinski definition) is 2. The van der Waals surface area contributed by atoms with E-state index < -0.39 is 6.04 Å². The highest BCUT2D eigenvalue weighted by molar-refractivity contribution is 6.00. The SMILES string of the molecule is CN1C(=O)C(N)Cc2cccc(C(C)(C)c3ccccc3)c21. The Morgan fingerprint density at radius 1 is 1.09 bits per heavy atom. The predicted octanol–water partition coefficient (Wildman–Crippen LogP) is 2.86. The number of amides is 1. The van der Waals surface area contributed by atoms with Crippen molar-refractivity contribution < 1.29 is 4.79 Å². The van der Waals surface area contributed by atoms with Crippen molar-refractivity contribution >= 4 is 11.6 Å². The lowest BCUT2D eigenvalue weighted by Gasteiger charge is -2.36. The number of rotatable bonds is 2. The molecule has 0 saturated heterocycles. The largest absolute Gasteiger partial charge is 0.320 e. The molecule has 114 valence electrons. The molecule has 1 aliphatic heterocycles. The molecule has 1 amide bonds. The second kappa shape index (κ2) is 5.25. The minimum absolute atomic E-state index is 0.0104. The van der Waals surface area contributed by atoms with Crippen molar-refractivity contribution in [3.05, 3.63) is 65.2 Å². The van der Waals surface area contributed by atoms with Gasteiger partial charge in [-0.3, -0.25) is 4.79 Å². The molecule has 1 unspecified atom stereocenters. The Kier molecular flexibility index (Phi) is 3.53. The van der Waals surface area contributed by atoms with Gasteiger partial charge in [0, 0.05) is 12.5 Å². The van der Waals surface area contributed by atoms with E-state index in [1.54, 1.807) is 4.90 Å². The van der Waals surface area contributed by atoms with E-state index in [1.165, 1.54) is 11.1 Å². The fourth-order valence-corrected chi connectivity index (χ4v) is 3.35. The number of carbonyl (C=O) groups is 1. The van der Waals surface area contributed by atoms with Crippen LogP contribution in [-0.2, 0) is 16.6 Å². The lowest BCUT2D eigenvalue weighted by atomic mass is 9.75. The summed E-state index contributed by atoms with van der Waals surface area (Å²) in [6.45, 7) is 4.40. The Balaban J connectivity index is 2.18. The summed E-state index contributed by atoms with van der Waals surface area (Å²) in [6.07, 6.45) is 0.608. The topological polar surface area (TPSA) is 46.3 Å². The number of carbonyl (C=O) groups excluding carboxylic acids is 1. The van der Waals surface area contributed by atoms with E-state index in [0.717, 1.165) is 11.3 Å². The van der Waals surface area contributed by atoms with Crippen LogP contribution in [0.3, 0.4) is 0 Å². The van der Waals surface area contributed by atoms with Crippen LogP contribution in [0.5, 0.6) is 0 Å². The Hall–Kier alpha value is -2.13. The third-order valence-electron chi connectivity index (χ3n) is 4.71. The van der Waals surface area contributed by atoms with Gasteiger partial charge in [0.2, 0.25) is 5.91 Å². The molecule has 1 aliphatic rings. The van der Waals surface area contributed by atoms with Crippen LogP contribution in [0, 0.1) is 0 Å². The average Bonchev–Trinajstić information content (AvgIpc) is 2.53. The third kappa shape index (κ3) is 2.22. The number of nitrogens with zero attached hydrogens (tertiary/aromatic N) is 1. The molecule has 0 bridgehead atoms. The van der Waals surface area contributed by atoms with E-state index in [-0.39, 0.29) is 11.3 Å². The molecule has 0 radical (unpaired) electrons. The van der Waals surface area contributed by atoms with Gasteiger partial charge in [-0.2, -0.15) is 0 Å². The summed E-state index contributed by atoms with van der Waals surface area (Å²) in [5.74, 6) is -0.0104. The summed E-state index contributed by atoms with van der Waals surface area (Å²) >= 11 is 0. The molecule has 2 aromatic rings. The van der Waals surface area contributed by atoms with Crippen molar-refractivity contribution in [2.75, 3.05) is 11.9 Å². The predicted molar refractivity (Wildman–Crippen MR) is 90.1 cm³/mol. The molecule has 22 heavy (non-hydrogen) atoms. The van der Waals surface area contributed by atoms with Crippen LogP contribution in [-0.4, -0.2) is 19.0 Å². The first-order chi connectivity index (χ1) is 10.4. The first kappa shape index (κ1) is 14.8. The van der Waals surface area contributed by atoms with Crippen molar-refractivity contribution in [3.8, 4) is 0 Å². The summed E-state index contributed by atoms with van der Waals surface area (Å²) in [5.41, 5.74) is 10.4. The maximum absolute atomic E-state index is 12.3. The normalized spacial score (nSPS) is 18.3. The van der Waals surface area contributed by atoms with Crippen LogP contribution in [0.2, 0.25) is 0 Å². The molecule has 0 saturated carbocycles. The van der Waals surface area contributed by atoms with E-state index in [9.17, 15) is 4.79 Å². The fourth-order valence-electron chi connectivity index (χ4n) is 3.35. The lowest BCUT2D eigenvalue weighted by Crippen LogP contribution is -2.48. The molecule has 1 heterocycles. The Morgan fingerprint density at radius 3 is 2.45 bits per heavy atom. The Morgan fingerprint density at radius 2 is 1.77 bits per heavy atom. The number of para-hydroxylation sites is 1. The zero-order valence-electron chi connectivity index (χ0n) is 13.3. The summed E-state index contributed by atoms with van der Waals surface area (Å²) < 4.78 is 0. The van der Waals surface area contributed by atoms with E-state index in [1.807, 2.05) is 13.1 Å². The Labute approximate surface area is 131 Å². The highest BCUT2D eigenvalue weighted by Crippen LogP contribution is 2.40. The van der Waals surface area contributed by atoms with Gasteiger partial charge in [0.25, 0.3) is 0 Å². The van der Waals surface area contributed by atoms with Crippen LogP contribution in [0.4, 0.5) is 5.69 Å². The van der Waals surface area contributed by atoms with Crippen molar-refractivity contribution in [2.45, 2.75) is 31.7 Å². The van der Waals surface area contributed by atoms with Crippen molar-refractivity contribution in [1.82, 2.24) is 0 Å². The van der Waals surface area contributed by atoms with Crippen LogP contribution < -0.4 is 10.6 Å². The summed E-state index contributed by atoms with van der Waals surface area (Å²) in [7, 11) is 1.82. The maximum atomic E-state index is 12.3. The zero-order chi connectivity index (χ0) is 15.9. The molecular weight excluding hydrogens is 272 g/mol. The van der Waals surface area contributed by atoms with E-state index in [2.05, 4.69) is 56.3 Å². The van der Waals surface area contributed by atoms with Crippen molar-refractivity contribution in [2.24, 2.45) is 5.73 Å². The monoisotopic (exact) mass is 294 g/mol. The summed E-state index contributed by atoms with van der Waals surface area (Å²) in [6, 6.07) is 16.2. The highest BCUT2D eigenvalue weighted by Gasteiger charge is 2.34. The minimum atomic E-state index is -0.437. The number of likely N-dealkylation sites (N-methyl/N-ethyl adjacent to an activating group) is 1. The lowest BCUT2D eigenvalue weighted by molar-refractivity contribution is -0.119. The smallest absolute Gasteiger partial charge is 0.243 e. The van der Waals surface area contributed by atoms with Crippen LogP contribution in [0.25, 0.3) is 0 Å². The molecule has 2 aromatic carbocycles. The van der Waals surface area contributed by atoms with Crippen molar-refractivity contribution in [3.63, 3.8) is 0 Å². The fraction of sp³-hybridized carbons (Fsp3) is 0.316. The van der Waals surface area contributed by atoms with Gasteiger partial charge in [0.1, 0.15) is 0 Å². The van der Waals surface area contributed by atoms with E-state index >= 15 is 0 Å². The molecule has 1 atom stereocenters. The van der Waals surface area contributed by atoms with Gasteiger partial charge in [-0.15, -0.1) is 0 Å².